The number of benzene rings is 2. The zero-order valence-electron chi connectivity index (χ0n) is 16.4. The average molecular weight is 377 g/mol. The summed E-state index contributed by atoms with van der Waals surface area (Å²) in [5.41, 5.74) is 4.87. The van der Waals surface area contributed by atoms with Crippen LogP contribution in [0.1, 0.15) is 34.1 Å². The summed E-state index contributed by atoms with van der Waals surface area (Å²) < 4.78 is 7.10. The number of amides is 1. The van der Waals surface area contributed by atoms with E-state index in [1.165, 1.54) is 0 Å². The molecule has 0 aliphatic rings. The molecule has 1 amide bonds. The van der Waals surface area contributed by atoms with E-state index in [9.17, 15) is 9.59 Å². The van der Waals surface area contributed by atoms with E-state index in [4.69, 9.17) is 4.74 Å². The lowest BCUT2D eigenvalue weighted by atomic mass is 10.1. The van der Waals surface area contributed by atoms with Crippen LogP contribution in [0.5, 0.6) is 0 Å². The molecule has 3 rings (SSSR count). The molecule has 0 spiro atoms. The second-order valence-electron chi connectivity index (χ2n) is 6.73. The Bertz CT molecular complexity index is 986. The summed E-state index contributed by atoms with van der Waals surface area (Å²) in [7, 11) is 0. The van der Waals surface area contributed by atoms with E-state index in [1.807, 2.05) is 45.0 Å². The Hall–Kier alpha value is -3.41. The van der Waals surface area contributed by atoms with Crippen LogP contribution < -0.4 is 5.32 Å². The van der Waals surface area contributed by atoms with Crippen molar-refractivity contribution >= 4 is 17.6 Å². The molecule has 1 aromatic heterocycles. The molecule has 0 aliphatic heterocycles. The Morgan fingerprint density at radius 3 is 2.21 bits per heavy atom. The minimum Gasteiger partial charge on any atom is -0.449 e. The number of aryl methyl sites for hydroxylation is 3. The highest BCUT2D eigenvalue weighted by Gasteiger charge is 2.20. The molecule has 0 unspecified atom stereocenters. The number of hydrogen-bond acceptors (Lipinski definition) is 4. The molecule has 0 saturated carbocycles. The first-order chi connectivity index (χ1) is 13.4. The molecule has 0 aliphatic carbocycles. The van der Waals surface area contributed by atoms with Crippen LogP contribution in [0.2, 0.25) is 0 Å². The van der Waals surface area contributed by atoms with E-state index < -0.39 is 12.1 Å². The molecule has 3 aromatic rings. The lowest BCUT2D eigenvalue weighted by Crippen LogP contribution is -2.30. The second-order valence-corrected chi connectivity index (χ2v) is 6.73. The molecule has 6 nitrogen and oxygen atoms in total. The fraction of sp³-hybridized carbons (Fsp3) is 0.227. The largest absolute Gasteiger partial charge is 0.449 e. The summed E-state index contributed by atoms with van der Waals surface area (Å²) in [6, 6.07) is 14.6. The van der Waals surface area contributed by atoms with Crippen molar-refractivity contribution in [3.05, 3.63) is 77.1 Å². The molecule has 28 heavy (non-hydrogen) atoms. The normalized spacial score (nSPS) is 11.7. The number of esters is 1. The molecule has 1 heterocycles. The average Bonchev–Trinajstić information content (AvgIpc) is 3.10. The maximum absolute atomic E-state index is 12.4. The molecule has 0 bridgehead atoms. The predicted molar refractivity (Wildman–Crippen MR) is 108 cm³/mol. The van der Waals surface area contributed by atoms with Gasteiger partial charge in [-0.3, -0.25) is 4.79 Å². The van der Waals surface area contributed by atoms with Crippen molar-refractivity contribution in [3.8, 4) is 5.69 Å². The Kier molecular flexibility index (Phi) is 5.59. The first-order valence-electron chi connectivity index (χ1n) is 9.06. The van der Waals surface area contributed by atoms with Crippen molar-refractivity contribution in [2.45, 2.75) is 33.8 Å². The lowest BCUT2D eigenvalue weighted by molar-refractivity contribution is -0.123. The van der Waals surface area contributed by atoms with E-state index in [2.05, 4.69) is 10.4 Å². The standard InChI is InChI=1S/C22H23N3O3/c1-14-6-5-7-15(2)20(14)24-21(26)17(4)28-22(27)18-8-10-19(11-9-18)25-16(3)12-13-23-25/h5-13,17H,1-4H3,(H,24,26)/t17-/m1/s1. The van der Waals surface area contributed by atoms with Crippen LogP contribution in [0.3, 0.4) is 0 Å². The number of anilines is 1. The van der Waals surface area contributed by atoms with Gasteiger partial charge in [-0.05, 0) is 69.2 Å². The predicted octanol–water partition coefficient (Wildman–Crippen LogP) is 3.98. The first-order valence-corrected chi connectivity index (χ1v) is 9.06. The van der Waals surface area contributed by atoms with Gasteiger partial charge in [-0.1, -0.05) is 18.2 Å². The lowest BCUT2D eigenvalue weighted by Gasteiger charge is -2.16. The van der Waals surface area contributed by atoms with Gasteiger partial charge < -0.3 is 10.1 Å². The second kappa shape index (κ2) is 8.08. The molecular formula is C22H23N3O3. The maximum Gasteiger partial charge on any atom is 0.338 e. The van der Waals surface area contributed by atoms with Crippen molar-refractivity contribution in [2.24, 2.45) is 0 Å². The topological polar surface area (TPSA) is 73.2 Å². The highest BCUT2D eigenvalue weighted by Crippen LogP contribution is 2.20. The van der Waals surface area contributed by atoms with E-state index >= 15 is 0 Å². The quantitative estimate of drug-likeness (QED) is 0.683. The summed E-state index contributed by atoms with van der Waals surface area (Å²) >= 11 is 0. The minimum atomic E-state index is -0.917. The van der Waals surface area contributed by atoms with E-state index in [1.54, 1.807) is 42.1 Å². The number of nitrogens with zero attached hydrogens (tertiary/aromatic N) is 2. The van der Waals surface area contributed by atoms with Crippen molar-refractivity contribution in [1.82, 2.24) is 9.78 Å². The van der Waals surface area contributed by atoms with Crippen LogP contribution in [0, 0.1) is 20.8 Å². The molecule has 2 aromatic carbocycles. The fourth-order valence-corrected chi connectivity index (χ4v) is 2.90. The number of hydrogen-bond donors (Lipinski definition) is 1. The van der Waals surface area contributed by atoms with Gasteiger partial charge in [0.15, 0.2) is 6.10 Å². The van der Waals surface area contributed by atoms with Gasteiger partial charge in [0.05, 0.1) is 11.3 Å². The molecule has 144 valence electrons. The van der Waals surface area contributed by atoms with Gasteiger partial charge in [-0.15, -0.1) is 0 Å². The molecule has 0 saturated heterocycles. The smallest absolute Gasteiger partial charge is 0.338 e. The molecule has 6 heteroatoms. The third kappa shape index (κ3) is 4.11. The van der Waals surface area contributed by atoms with Gasteiger partial charge >= 0.3 is 5.97 Å². The Morgan fingerprint density at radius 2 is 1.64 bits per heavy atom. The fourth-order valence-electron chi connectivity index (χ4n) is 2.90. The zero-order valence-corrected chi connectivity index (χ0v) is 16.4. The van der Waals surface area contributed by atoms with Crippen LogP contribution >= 0.6 is 0 Å². The SMILES string of the molecule is Cc1cccc(C)c1NC(=O)[C@@H](C)OC(=O)c1ccc(-n2nccc2C)cc1. The number of rotatable bonds is 5. The van der Waals surface area contributed by atoms with Crippen molar-refractivity contribution in [1.29, 1.82) is 0 Å². The van der Waals surface area contributed by atoms with Crippen LogP contribution in [-0.2, 0) is 9.53 Å². The number of ether oxygens (including phenoxy) is 1. The van der Waals surface area contributed by atoms with Crippen molar-refractivity contribution in [3.63, 3.8) is 0 Å². The van der Waals surface area contributed by atoms with Gasteiger partial charge in [0.25, 0.3) is 5.91 Å². The van der Waals surface area contributed by atoms with E-state index in [0.717, 1.165) is 28.2 Å². The maximum atomic E-state index is 12.4. The Balaban J connectivity index is 1.65. The Morgan fingerprint density at radius 1 is 1.00 bits per heavy atom. The van der Waals surface area contributed by atoms with Crippen LogP contribution in [-0.4, -0.2) is 27.8 Å². The highest BCUT2D eigenvalue weighted by atomic mass is 16.5. The van der Waals surface area contributed by atoms with Gasteiger partial charge in [-0.2, -0.15) is 5.10 Å². The molecule has 1 N–H and O–H groups in total. The van der Waals surface area contributed by atoms with Crippen LogP contribution in [0.15, 0.2) is 54.7 Å². The molecule has 0 fully saturated rings. The van der Waals surface area contributed by atoms with E-state index in [0.29, 0.717) is 5.56 Å². The van der Waals surface area contributed by atoms with Gasteiger partial charge in [0, 0.05) is 17.6 Å². The summed E-state index contributed by atoms with van der Waals surface area (Å²) in [4.78, 5) is 24.8. The van der Waals surface area contributed by atoms with Crippen LogP contribution in [0.4, 0.5) is 5.69 Å². The summed E-state index contributed by atoms with van der Waals surface area (Å²) in [5.74, 6) is -0.914. The third-order valence-corrected chi connectivity index (χ3v) is 4.56. The molecular weight excluding hydrogens is 354 g/mol. The zero-order chi connectivity index (χ0) is 20.3. The van der Waals surface area contributed by atoms with Gasteiger partial charge in [-0.25, -0.2) is 9.48 Å². The number of para-hydroxylation sites is 1. The van der Waals surface area contributed by atoms with E-state index in [-0.39, 0.29) is 5.91 Å². The molecule has 1 atom stereocenters. The highest BCUT2D eigenvalue weighted by molar-refractivity contribution is 5.98. The third-order valence-electron chi connectivity index (χ3n) is 4.56. The monoisotopic (exact) mass is 377 g/mol. The molecule has 0 radical (unpaired) electrons. The van der Waals surface area contributed by atoms with Crippen molar-refractivity contribution in [2.75, 3.05) is 5.32 Å². The first kappa shape index (κ1) is 19.4. The summed E-state index contributed by atoms with van der Waals surface area (Å²) in [6.07, 6.45) is 0.799. The summed E-state index contributed by atoms with van der Waals surface area (Å²) in [6.45, 7) is 7.35. The summed E-state index contributed by atoms with van der Waals surface area (Å²) in [5, 5.41) is 7.07. The van der Waals surface area contributed by atoms with Crippen molar-refractivity contribution < 1.29 is 14.3 Å². The number of aromatic nitrogens is 2. The number of carbonyl (C=O) groups is 2. The Labute approximate surface area is 164 Å². The number of carbonyl (C=O) groups excluding carboxylic acids is 2. The van der Waals surface area contributed by atoms with Gasteiger partial charge in [0.2, 0.25) is 0 Å². The van der Waals surface area contributed by atoms with Gasteiger partial charge in [0.1, 0.15) is 0 Å². The van der Waals surface area contributed by atoms with Crippen LogP contribution in [0.25, 0.3) is 5.69 Å². The minimum absolute atomic E-state index is 0.366. The number of nitrogens with one attached hydrogen (secondary N) is 1.